The van der Waals surface area contributed by atoms with Crippen molar-refractivity contribution in [2.45, 2.75) is 6.92 Å². The Morgan fingerprint density at radius 2 is 1.64 bits per heavy atom. The minimum absolute atomic E-state index is 0.326. The zero-order valence-electron chi connectivity index (χ0n) is 13.9. The molecule has 0 radical (unpaired) electrons. The van der Waals surface area contributed by atoms with Crippen LogP contribution in [-0.2, 0) is 0 Å². The first-order valence-corrected chi connectivity index (χ1v) is 8.42. The molecule has 25 heavy (non-hydrogen) atoms. The van der Waals surface area contributed by atoms with E-state index in [9.17, 15) is 0 Å². The van der Waals surface area contributed by atoms with Crippen molar-refractivity contribution in [2.24, 2.45) is 4.99 Å². The Morgan fingerprint density at radius 1 is 0.960 bits per heavy atom. The third-order valence-corrected chi connectivity index (χ3v) is 3.82. The van der Waals surface area contributed by atoms with E-state index in [0.717, 1.165) is 28.5 Å². The minimum atomic E-state index is 0.326. The molecule has 0 fully saturated rings. The molecule has 3 rings (SSSR count). The van der Waals surface area contributed by atoms with Gasteiger partial charge in [-0.2, -0.15) is 0 Å². The Morgan fingerprint density at radius 3 is 2.32 bits per heavy atom. The summed E-state index contributed by atoms with van der Waals surface area (Å²) in [6.45, 7) is 2.30. The van der Waals surface area contributed by atoms with E-state index in [-0.39, 0.29) is 0 Å². The van der Waals surface area contributed by atoms with Crippen molar-refractivity contribution < 1.29 is 4.74 Å². The van der Waals surface area contributed by atoms with Crippen molar-refractivity contribution in [2.75, 3.05) is 11.9 Å². The van der Waals surface area contributed by atoms with E-state index in [1.807, 2.05) is 85.8 Å². The second-order valence-corrected chi connectivity index (χ2v) is 6.02. The Hall–Kier alpha value is -2.78. The van der Waals surface area contributed by atoms with Crippen LogP contribution in [0.25, 0.3) is 0 Å². The number of anilines is 1. The smallest absolute Gasteiger partial charge is 0.146 e. The zero-order chi connectivity index (χ0) is 17.5. The standard InChI is InChI=1S/C21H19ClN2O/c1-16-14-17(22)12-13-20(16)25-15-21(23-18-8-4-2-5-9-18)24-19-10-6-3-7-11-19/h2-14H,15H2,1H3,(H,23,24). The van der Waals surface area contributed by atoms with E-state index in [4.69, 9.17) is 16.3 Å². The van der Waals surface area contributed by atoms with Crippen molar-refractivity contribution >= 4 is 28.8 Å². The van der Waals surface area contributed by atoms with Crippen molar-refractivity contribution in [1.29, 1.82) is 0 Å². The predicted octanol–water partition coefficient (Wildman–Crippen LogP) is 5.87. The van der Waals surface area contributed by atoms with Gasteiger partial charge < -0.3 is 10.1 Å². The van der Waals surface area contributed by atoms with Gasteiger partial charge in [-0.3, -0.25) is 0 Å². The molecule has 1 N–H and O–H groups in total. The average molecular weight is 351 g/mol. The Balaban J connectivity index is 1.79. The van der Waals surface area contributed by atoms with E-state index < -0.39 is 0 Å². The second-order valence-electron chi connectivity index (χ2n) is 5.58. The number of aliphatic imine (C=N–C) groups is 1. The van der Waals surface area contributed by atoms with Crippen molar-refractivity contribution in [1.82, 2.24) is 0 Å². The van der Waals surface area contributed by atoms with Gasteiger partial charge in [-0.1, -0.05) is 48.0 Å². The monoisotopic (exact) mass is 350 g/mol. The molecule has 3 aromatic rings. The van der Waals surface area contributed by atoms with Gasteiger partial charge in [-0.15, -0.1) is 0 Å². The highest BCUT2D eigenvalue weighted by Gasteiger charge is 2.05. The molecule has 0 saturated carbocycles. The van der Waals surface area contributed by atoms with Crippen molar-refractivity contribution in [3.8, 4) is 5.75 Å². The summed E-state index contributed by atoms with van der Waals surface area (Å²) in [4.78, 5) is 4.67. The lowest BCUT2D eigenvalue weighted by molar-refractivity contribution is 0.373. The second kappa shape index (κ2) is 8.36. The fraction of sp³-hybridized carbons (Fsp3) is 0.0952. The summed E-state index contributed by atoms with van der Waals surface area (Å²) >= 11 is 6.00. The number of ether oxygens (including phenoxy) is 1. The summed E-state index contributed by atoms with van der Waals surface area (Å²) in [5.41, 5.74) is 2.83. The number of nitrogens with one attached hydrogen (secondary N) is 1. The van der Waals surface area contributed by atoms with Crippen LogP contribution < -0.4 is 10.1 Å². The molecule has 0 aliphatic rings. The van der Waals surface area contributed by atoms with Crippen molar-refractivity contribution in [3.63, 3.8) is 0 Å². The number of hydrogen-bond acceptors (Lipinski definition) is 2. The van der Waals surface area contributed by atoms with Gasteiger partial charge in [0.2, 0.25) is 0 Å². The zero-order valence-corrected chi connectivity index (χ0v) is 14.7. The normalized spacial score (nSPS) is 11.2. The molecule has 0 aliphatic heterocycles. The number of nitrogens with zero attached hydrogens (tertiary/aromatic N) is 1. The fourth-order valence-corrected chi connectivity index (χ4v) is 2.59. The fourth-order valence-electron chi connectivity index (χ4n) is 2.36. The van der Waals surface area contributed by atoms with Gasteiger partial charge in [0.05, 0.1) is 5.69 Å². The molecule has 0 spiro atoms. The van der Waals surface area contributed by atoms with E-state index in [1.165, 1.54) is 0 Å². The molecular formula is C21H19ClN2O. The van der Waals surface area contributed by atoms with Crippen LogP contribution in [0.3, 0.4) is 0 Å². The van der Waals surface area contributed by atoms with Gasteiger partial charge in [0.25, 0.3) is 0 Å². The molecule has 0 bridgehead atoms. The summed E-state index contributed by atoms with van der Waals surface area (Å²) in [6, 6.07) is 25.3. The Kier molecular flexibility index (Phi) is 5.70. The van der Waals surface area contributed by atoms with E-state index >= 15 is 0 Å². The molecule has 0 unspecified atom stereocenters. The number of rotatable bonds is 5. The van der Waals surface area contributed by atoms with Crippen molar-refractivity contribution in [3.05, 3.63) is 89.4 Å². The topological polar surface area (TPSA) is 33.6 Å². The first-order chi connectivity index (χ1) is 12.2. The van der Waals surface area contributed by atoms with Gasteiger partial charge in [-0.05, 0) is 55.0 Å². The van der Waals surface area contributed by atoms with Crippen LogP contribution in [0.2, 0.25) is 5.02 Å². The number of aryl methyl sites for hydroxylation is 1. The molecule has 0 amide bonds. The maximum absolute atomic E-state index is 6.00. The number of para-hydroxylation sites is 2. The SMILES string of the molecule is Cc1cc(Cl)ccc1OCC(=Nc1ccccc1)Nc1ccccc1. The van der Waals surface area contributed by atoms with E-state index in [1.54, 1.807) is 0 Å². The maximum atomic E-state index is 6.00. The van der Waals surface area contributed by atoms with Gasteiger partial charge >= 0.3 is 0 Å². The van der Waals surface area contributed by atoms with Crippen LogP contribution in [0.1, 0.15) is 5.56 Å². The summed E-state index contributed by atoms with van der Waals surface area (Å²) in [6.07, 6.45) is 0. The van der Waals surface area contributed by atoms with Gasteiger partial charge in [-0.25, -0.2) is 4.99 Å². The first kappa shape index (κ1) is 17.1. The number of benzene rings is 3. The summed E-state index contributed by atoms with van der Waals surface area (Å²) < 4.78 is 5.95. The highest BCUT2D eigenvalue weighted by molar-refractivity contribution is 6.30. The Labute approximate surface area is 153 Å². The van der Waals surface area contributed by atoms with Crippen LogP contribution in [0.15, 0.2) is 83.9 Å². The lowest BCUT2D eigenvalue weighted by Gasteiger charge is -2.13. The lowest BCUT2D eigenvalue weighted by atomic mass is 10.2. The van der Waals surface area contributed by atoms with Crippen LogP contribution in [0.4, 0.5) is 11.4 Å². The van der Waals surface area contributed by atoms with Crippen LogP contribution in [0, 0.1) is 6.92 Å². The molecule has 0 aliphatic carbocycles. The van der Waals surface area contributed by atoms with Crippen LogP contribution in [0.5, 0.6) is 5.75 Å². The molecule has 0 atom stereocenters. The number of amidine groups is 1. The molecule has 0 saturated heterocycles. The maximum Gasteiger partial charge on any atom is 0.146 e. The Bertz CT molecular complexity index is 848. The predicted molar refractivity (Wildman–Crippen MR) is 105 cm³/mol. The van der Waals surface area contributed by atoms with Crippen LogP contribution in [-0.4, -0.2) is 12.4 Å². The highest BCUT2D eigenvalue weighted by Crippen LogP contribution is 2.22. The first-order valence-electron chi connectivity index (χ1n) is 8.04. The summed E-state index contributed by atoms with van der Waals surface area (Å²) in [5, 5.41) is 4.03. The quantitative estimate of drug-likeness (QED) is 0.461. The largest absolute Gasteiger partial charge is 0.485 e. The number of hydrogen-bond donors (Lipinski definition) is 1. The lowest BCUT2D eigenvalue weighted by Crippen LogP contribution is -2.20. The highest BCUT2D eigenvalue weighted by atomic mass is 35.5. The van der Waals surface area contributed by atoms with E-state index in [0.29, 0.717) is 11.6 Å². The summed E-state index contributed by atoms with van der Waals surface area (Å²) in [5.74, 6) is 1.52. The van der Waals surface area contributed by atoms with E-state index in [2.05, 4.69) is 10.3 Å². The third kappa shape index (κ3) is 5.10. The number of halogens is 1. The molecule has 3 nitrogen and oxygen atoms in total. The molecule has 126 valence electrons. The van der Waals surface area contributed by atoms with Gasteiger partial charge in [0.1, 0.15) is 18.2 Å². The molecule has 3 aromatic carbocycles. The third-order valence-electron chi connectivity index (χ3n) is 3.58. The molecular weight excluding hydrogens is 332 g/mol. The molecule has 4 heteroatoms. The summed E-state index contributed by atoms with van der Waals surface area (Å²) in [7, 11) is 0. The molecule has 0 aromatic heterocycles. The van der Waals surface area contributed by atoms with Gasteiger partial charge in [0, 0.05) is 10.7 Å². The van der Waals surface area contributed by atoms with Crippen LogP contribution >= 0.6 is 11.6 Å². The minimum Gasteiger partial charge on any atom is -0.485 e. The van der Waals surface area contributed by atoms with Gasteiger partial charge in [0.15, 0.2) is 0 Å². The average Bonchev–Trinajstić information content (AvgIpc) is 2.62. The molecule has 0 heterocycles.